The van der Waals surface area contributed by atoms with Gasteiger partial charge in [-0.3, -0.25) is 4.79 Å². The fourth-order valence-corrected chi connectivity index (χ4v) is 2.72. The smallest absolute Gasteiger partial charge is 0.387 e. The van der Waals surface area contributed by atoms with Crippen LogP contribution in [0, 0.1) is 0 Å². The Hall–Kier alpha value is -2.36. The summed E-state index contributed by atoms with van der Waals surface area (Å²) in [6.07, 6.45) is 2.12. The fraction of sp³-hybridized carbons (Fsp3) is 0.357. The molecule has 1 aliphatic carbocycles. The van der Waals surface area contributed by atoms with Gasteiger partial charge in [0.1, 0.15) is 5.75 Å². The predicted molar refractivity (Wildman–Crippen MR) is 84.6 cm³/mol. The standard InChI is InChI=1S/C14H15F2N5O2S/c15-13(16)23-10-5-3-9(4-6-10)18-11(22)7-24-14-20-19-12(21(14)17)8-1-2-8/h3-6,8,13H,1-2,7,17H2,(H,18,22). The second-order valence-corrected chi connectivity index (χ2v) is 6.17. The van der Waals surface area contributed by atoms with Crippen LogP contribution in [0.4, 0.5) is 14.5 Å². The van der Waals surface area contributed by atoms with Crippen molar-refractivity contribution in [1.82, 2.24) is 14.9 Å². The molecule has 1 fully saturated rings. The maximum Gasteiger partial charge on any atom is 0.387 e. The van der Waals surface area contributed by atoms with Crippen LogP contribution in [-0.4, -0.2) is 33.1 Å². The van der Waals surface area contributed by atoms with Crippen molar-refractivity contribution in [2.75, 3.05) is 16.9 Å². The number of nitrogen functional groups attached to an aromatic ring is 1. The van der Waals surface area contributed by atoms with E-state index in [4.69, 9.17) is 5.84 Å². The summed E-state index contributed by atoms with van der Waals surface area (Å²) in [7, 11) is 0. The number of carbonyl (C=O) groups excluding carboxylic acids is 1. The van der Waals surface area contributed by atoms with Crippen molar-refractivity contribution >= 4 is 23.4 Å². The summed E-state index contributed by atoms with van der Waals surface area (Å²) in [6.45, 7) is -2.88. The summed E-state index contributed by atoms with van der Waals surface area (Å²) >= 11 is 1.18. The zero-order chi connectivity index (χ0) is 17.1. The number of alkyl halides is 2. The number of ether oxygens (including phenoxy) is 1. The van der Waals surface area contributed by atoms with E-state index in [9.17, 15) is 13.6 Å². The minimum atomic E-state index is -2.88. The average molecular weight is 355 g/mol. The van der Waals surface area contributed by atoms with Crippen molar-refractivity contribution in [3.05, 3.63) is 30.1 Å². The van der Waals surface area contributed by atoms with Crippen molar-refractivity contribution in [1.29, 1.82) is 0 Å². The first-order valence-electron chi connectivity index (χ1n) is 7.21. The molecule has 0 aliphatic heterocycles. The van der Waals surface area contributed by atoms with Gasteiger partial charge < -0.3 is 15.9 Å². The van der Waals surface area contributed by atoms with Gasteiger partial charge in [-0.1, -0.05) is 11.8 Å². The van der Waals surface area contributed by atoms with Crippen LogP contribution in [0.5, 0.6) is 5.75 Å². The molecule has 0 radical (unpaired) electrons. The SMILES string of the molecule is Nn1c(SCC(=O)Nc2ccc(OC(F)F)cc2)nnc1C1CC1. The highest BCUT2D eigenvalue weighted by Crippen LogP contribution is 2.39. The average Bonchev–Trinajstić information content (AvgIpc) is 3.31. The number of hydrogen-bond donors (Lipinski definition) is 2. The lowest BCUT2D eigenvalue weighted by Crippen LogP contribution is -2.17. The van der Waals surface area contributed by atoms with Crippen LogP contribution in [0.15, 0.2) is 29.4 Å². The Morgan fingerprint density at radius 1 is 1.38 bits per heavy atom. The molecule has 24 heavy (non-hydrogen) atoms. The number of halogens is 2. The number of benzene rings is 1. The minimum absolute atomic E-state index is 0.0289. The second-order valence-electron chi connectivity index (χ2n) is 5.22. The Morgan fingerprint density at radius 2 is 2.08 bits per heavy atom. The van der Waals surface area contributed by atoms with Crippen molar-refractivity contribution in [3.8, 4) is 5.75 Å². The predicted octanol–water partition coefficient (Wildman–Crippen LogP) is 2.20. The summed E-state index contributed by atoms with van der Waals surface area (Å²) in [5, 5.41) is 11.1. The molecule has 1 heterocycles. The lowest BCUT2D eigenvalue weighted by atomic mass is 10.3. The van der Waals surface area contributed by atoms with E-state index in [2.05, 4.69) is 20.3 Å². The number of anilines is 1. The lowest BCUT2D eigenvalue weighted by Gasteiger charge is -2.07. The summed E-state index contributed by atoms with van der Waals surface area (Å²) in [6, 6.07) is 5.68. The number of thioether (sulfide) groups is 1. The van der Waals surface area contributed by atoms with Gasteiger partial charge in [0.15, 0.2) is 5.82 Å². The van der Waals surface area contributed by atoms with Crippen LogP contribution < -0.4 is 15.9 Å². The molecule has 0 bridgehead atoms. The van der Waals surface area contributed by atoms with E-state index >= 15 is 0 Å². The molecular formula is C14H15F2N5O2S. The molecule has 0 atom stereocenters. The van der Waals surface area contributed by atoms with Gasteiger partial charge in [0.05, 0.1) is 5.75 Å². The number of amides is 1. The van der Waals surface area contributed by atoms with E-state index in [-0.39, 0.29) is 17.4 Å². The van der Waals surface area contributed by atoms with Crippen molar-refractivity contribution < 1.29 is 18.3 Å². The van der Waals surface area contributed by atoms with Gasteiger partial charge >= 0.3 is 6.61 Å². The molecule has 1 aromatic carbocycles. The van der Waals surface area contributed by atoms with Gasteiger partial charge in [-0.15, -0.1) is 10.2 Å². The third-order valence-corrected chi connectivity index (χ3v) is 4.27. The number of aromatic nitrogens is 3. The van der Waals surface area contributed by atoms with Crippen LogP contribution in [0.25, 0.3) is 0 Å². The molecule has 0 unspecified atom stereocenters. The first-order chi connectivity index (χ1) is 11.5. The highest BCUT2D eigenvalue weighted by atomic mass is 32.2. The van der Waals surface area contributed by atoms with E-state index in [1.165, 1.54) is 40.7 Å². The lowest BCUT2D eigenvalue weighted by molar-refractivity contribution is -0.113. The molecule has 3 N–H and O–H groups in total. The van der Waals surface area contributed by atoms with E-state index in [0.29, 0.717) is 16.8 Å². The second kappa shape index (κ2) is 7.04. The summed E-state index contributed by atoms with van der Waals surface area (Å²) in [5.41, 5.74) is 0.482. The summed E-state index contributed by atoms with van der Waals surface area (Å²) < 4.78 is 29.8. The van der Waals surface area contributed by atoms with E-state index in [1.54, 1.807) is 0 Å². The molecule has 0 saturated heterocycles. The highest BCUT2D eigenvalue weighted by molar-refractivity contribution is 7.99. The fourth-order valence-electron chi connectivity index (χ4n) is 2.05. The van der Waals surface area contributed by atoms with Gasteiger partial charge in [-0.25, -0.2) is 4.68 Å². The van der Waals surface area contributed by atoms with Gasteiger partial charge in [0.2, 0.25) is 11.1 Å². The van der Waals surface area contributed by atoms with E-state index in [0.717, 1.165) is 18.7 Å². The quantitative estimate of drug-likeness (QED) is 0.584. The monoisotopic (exact) mass is 355 g/mol. The topological polar surface area (TPSA) is 95.1 Å². The maximum absolute atomic E-state index is 12.1. The van der Waals surface area contributed by atoms with Gasteiger partial charge in [-0.05, 0) is 37.1 Å². The Bertz CT molecular complexity index is 718. The number of nitrogens with zero attached hydrogens (tertiary/aromatic N) is 3. The zero-order valence-corrected chi connectivity index (χ0v) is 13.3. The minimum Gasteiger partial charge on any atom is -0.435 e. The van der Waals surface area contributed by atoms with E-state index < -0.39 is 6.61 Å². The van der Waals surface area contributed by atoms with Crippen LogP contribution in [0.3, 0.4) is 0 Å². The Balaban J connectivity index is 1.50. The van der Waals surface area contributed by atoms with Crippen molar-refractivity contribution in [3.63, 3.8) is 0 Å². The molecule has 1 aromatic heterocycles. The van der Waals surface area contributed by atoms with Crippen molar-refractivity contribution in [2.24, 2.45) is 0 Å². The Morgan fingerprint density at radius 3 is 2.71 bits per heavy atom. The number of carbonyl (C=O) groups is 1. The first kappa shape index (κ1) is 16.5. The summed E-state index contributed by atoms with van der Waals surface area (Å²) in [5.74, 6) is 6.89. The Labute approximate surface area is 140 Å². The molecule has 1 amide bonds. The number of hydrogen-bond acceptors (Lipinski definition) is 6. The molecule has 1 aliphatic rings. The molecule has 128 valence electrons. The molecule has 7 nitrogen and oxygen atoms in total. The molecule has 10 heteroatoms. The first-order valence-corrected chi connectivity index (χ1v) is 8.19. The molecule has 2 aromatic rings. The number of nitrogens with one attached hydrogen (secondary N) is 1. The van der Waals surface area contributed by atoms with Gasteiger partial charge in [-0.2, -0.15) is 8.78 Å². The van der Waals surface area contributed by atoms with Crippen molar-refractivity contribution in [2.45, 2.75) is 30.5 Å². The van der Waals surface area contributed by atoms with Crippen LogP contribution >= 0.6 is 11.8 Å². The Kier molecular flexibility index (Phi) is 4.84. The van der Waals surface area contributed by atoms with E-state index in [1.807, 2.05) is 0 Å². The molecular weight excluding hydrogens is 340 g/mol. The normalized spacial score (nSPS) is 14.0. The van der Waals surface area contributed by atoms with Crippen LogP contribution in [0.1, 0.15) is 24.6 Å². The largest absolute Gasteiger partial charge is 0.435 e. The molecule has 3 rings (SSSR count). The highest BCUT2D eigenvalue weighted by Gasteiger charge is 2.30. The van der Waals surface area contributed by atoms with Gasteiger partial charge in [0.25, 0.3) is 0 Å². The maximum atomic E-state index is 12.1. The molecule has 0 spiro atoms. The van der Waals surface area contributed by atoms with Crippen LogP contribution in [-0.2, 0) is 4.79 Å². The number of rotatable bonds is 7. The molecule has 1 saturated carbocycles. The van der Waals surface area contributed by atoms with Gasteiger partial charge in [0, 0.05) is 11.6 Å². The zero-order valence-electron chi connectivity index (χ0n) is 12.5. The third kappa shape index (κ3) is 4.13. The number of nitrogens with two attached hydrogens (primary N) is 1. The van der Waals surface area contributed by atoms with Crippen LogP contribution in [0.2, 0.25) is 0 Å². The summed E-state index contributed by atoms with van der Waals surface area (Å²) in [4.78, 5) is 11.9. The third-order valence-electron chi connectivity index (χ3n) is 3.33.